The third kappa shape index (κ3) is 6.95. The molecule has 3 nitrogen and oxygen atoms in total. The summed E-state index contributed by atoms with van der Waals surface area (Å²) in [6.45, 7) is 8.14. The Bertz CT molecular complexity index is 247. The second kappa shape index (κ2) is 9.35. The topological polar surface area (TPSA) is 38.3 Å². The number of carbonyl (C=O) groups is 1. The summed E-state index contributed by atoms with van der Waals surface area (Å²) in [5.74, 6) is 0.917. The summed E-state index contributed by atoms with van der Waals surface area (Å²) in [6.07, 6.45) is 7.88. The molecule has 0 spiro atoms. The van der Waals surface area contributed by atoms with Gasteiger partial charge in [-0.05, 0) is 38.1 Å². The zero-order valence-electron chi connectivity index (χ0n) is 12.9. The fraction of sp³-hybridized carbons (Fsp3) is 0.938. The van der Waals surface area contributed by atoms with Crippen LogP contribution >= 0.6 is 0 Å². The number of rotatable bonds is 8. The molecule has 19 heavy (non-hydrogen) atoms. The van der Waals surface area contributed by atoms with E-state index >= 15 is 0 Å². The molecule has 0 amide bonds. The van der Waals surface area contributed by atoms with Crippen molar-refractivity contribution < 1.29 is 9.53 Å². The van der Waals surface area contributed by atoms with Gasteiger partial charge in [0.15, 0.2) is 0 Å². The minimum atomic E-state index is 0.0313. The van der Waals surface area contributed by atoms with Crippen LogP contribution in [0.1, 0.15) is 65.7 Å². The molecule has 0 saturated heterocycles. The Morgan fingerprint density at radius 2 is 1.95 bits per heavy atom. The van der Waals surface area contributed by atoms with Gasteiger partial charge in [-0.3, -0.25) is 4.79 Å². The number of hydrogen-bond donors (Lipinski definition) is 1. The van der Waals surface area contributed by atoms with E-state index in [1.807, 2.05) is 0 Å². The lowest BCUT2D eigenvalue weighted by Gasteiger charge is -2.22. The van der Waals surface area contributed by atoms with E-state index in [-0.39, 0.29) is 11.9 Å². The molecule has 0 aromatic carbocycles. The predicted molar refractivity (Wildman–Crippen MR) is 79.1 cm³/mol. The van der Waals surface area contributed by atoms with Gasteiger partial charge in [-0.2, -0.15) is 0 Å². The third-order valence-corrected chi connectivity index (χ3v) is 4.01. The average molecular weight is 269 g/mol. The van der Waals surface area contributed by atoms with Gasteiger partial charge in [0, 0.05) is 6.04 Å². The van der Waals surface area contributed by atoms with Crippen LogP contribution in [0.25, 0.3) is 0 Å². The van der Waals surface area contributed by atoms with E-state index in [0.717, 1.165) is 31.7 Å². The first-order valence-corrected chi connectivity index (χ1v) is 8.03. The van der Waals surface area contributed by atoms with Gasteiger partial charge in [-0.1, -0.05) is 40.0 Å². The summed E-state index contributed by atoms with van der Waals surface area (Å²) in [5, 5.41) is 3.48. The zero-order chi connectivity index (χ0) is 14.1. The van der Waals surface area contributed by atoms with Gasteiger partial charge in [-0.15, -0.1) is 0 Å². The summed E-state index contributed by atoms with van der Waals surface area (Å²) < 4.78 is 5.49. The van der Waals surface area contributed by atoms with Crippen molar-refractivity contribution in [2.24, 2.45) is 11.8 Å². The van der Waals surface area contributed by atoms with Gasteiger partial charge < -0.3 is 10.1 Å². The molecule has 1 saturated carbocycles. The van der Waals surface area contributed by atoms with E-state index in [4.69, 9.17) is 4.74 Å². The first-order chi connectivity index (χ1) is 9.13. The summed E-state index contributed by atoms with van der Waals surface area (Å²) in [5.41, 5.74) is 0. The Kier molecular flexibility index (Phi) is 8.11. The van der Waals surface area contributed by atoms with Crippen molar-refractivity contribution in [3.05, 3.63) is 0 Å². The minimum Gasteiger partial charge on any atom is -0.464 e. The number of ether oxygens (including phenoxy) is 1. The van der Waals surface area contributed by atoms with Crippen LogP contribution in [0.3, 0.4) is 0 Å². The van der Waals surface area contributed by atoms with Gasteiger partial charge in [0.05, 0.1) is 5.92 Å². The monoisotopic (exact) mass is 269 g/mol. The van der Waals surface area contributed by atoms with Crippen LogP contribution in [0.5, 0.6) is 0 Å². The lowest BCUT2D eigenvalue weighted by Crippen LogP contribution is -2.36. The van der Waals surface area contributed by atoms with Crippen LogP contribution in [-0.4, -0.2) is 25.2 Å². The highest BCUT2D eigenvalue weighted by Gasteiger charge is 2.23. The maximum atomic E-state index is 12.0. The normalized spacial score (nSPS) is 18.5. The third-order valence-electron chi connectivity index (χ3n) is 4.01. The van der Waals surface area contributed by atoms with Crippen molar-refractivity contribution >= 4 is 5.97 Å². The number of hydrogen-bond acceptors (Lipinski definition) is 3. The minimum absolute atomic E-state index is 0.0313. The molecule has 0 heterocycles. The molecule has 3 heteroatoms. The highest BCUT2D eigenvalue weighted by Crippen LogP contribution is 2.24. The molecular weight excluding hydrogens is 238 g/mol. The Balaban J connectivity index is 2.18. The lowest BCUT2D eigenvalue weighted by molar-refractivity contribution is -0.150. The van der Waals surface area contributed by atoms with Gasteiger partial charge >= 0.3 is 5.97 Å². The molecular formula is C16H31NO2. The van der Waals surface area contributed by atoms with Crippen LogP contribution in [0, 0.1) is 11.8 Å². The Morgan fingerprint density at radius 3 is 2.53 bits per heavy atom. The highest BCUT2D eigenvalue weighted by atomic mass is 16.5. The number of carbonyl (C=O) groups excluding carboxylic acids is 1. The molecule has 1 rings (SSSR count). The molecule has 1 atom stereocenters. The fourth-order valence-electron chi connectivity index (χ4n) is 2.54. The first-order valence-electron chi connectivity index (χ1n) is 8.03. The summed E-state index contributed by atoms with van der Waals surface area (Å²) in [4.78, 5) is 12.0. The van der Waals surface area contributed by atoms with E-state index in [1.165, 1.54) is 25.7 Å². The SMILES string of the molecule is CCC(COC(=O)C1CCCCC1)NCCC(C)C. The van der Waals surface area contributed by atoms with Gasteiger partial charge in [-0.25, -0.2) is 0 Å². The van der Waals surface area contributed by atoms with Crippen molar-refractivity contribution in [2.75, 3.05) is 13.2 Å². The average Bonchev–Trinajstić information content (AvgIpc) is 2.42. The van der Waals surface area contributed by atoms with E-state index < -0.39 is 0 Å². The molecule has 1 unspecified atom stereocenters. The van der Waals surface area contributed by atoms with E-state index in [0.29, 0.717) is 12.6 Å². The van der Waals surface area contributed by atoms with Crippen LogP contribution in [-0.2, 0) is 9.53 Å². The molecule has 0 bridgehead atoms. The maximum absolute atomic E-state index is 12.0. The summed E-state index contributed by atoms with van der Waals surface area (Å²) >= 11 is 0. The summed E-state index contributed by atoms with van der Waals surface area (Å²) in [6, 6.07) is 0.311. The Morgan fingerprint density at radius 1 is 1.26 bits per heavy atom. The van der Waals surface area contributed by atoms with Crippen molar-refractivity contribution in [1.82, 2.24) is 5.32 Å². The van der Waals surface area contributed by atoms with Gasteiger partial charge in [0.25, 0.3) is 0 Å². The second-order valence-electron chi connectivity index (χ2n) is 6.21. The lowest BCUT2D eigenvalue weighted by atomic mass is 9.89. The molecule has 0 aromatic rings. The smallest absolute Gasteiger partial charge is 0.308 e. The fourth-order valence-corrected chi connectivity index (χ4v) is 2.54. The quantitative estimate of drug-likeness (QED) is 0.685. The van der Waals surface area contributed by atoms with Crippen molar-refractivity contribution in [2.45, 2.75) is 71.8 Å². The highest BCUT2D eigenvalue weighted by molar-refractivity contribution is 5.72. The number of nitrogens with one attached hydrogen (secondary N) is 1. The first kappa shape index (κ1) is 16.5. The molecule has 1 aliphatic carbocycles. The molecule has 0 aromatic heterocycles. The Hall–Kier alpha value is -0.570. The standard InChI is InChI=1S/C16H31NO2/c1-4-15(17-11-10-13(2)3)12-19-16(18)14-8-6-5-7-9-14/h13-15,17H,4-12H2,1-3H3. The molecule has 1 N–H and O–H groups in total. The molecule has 1 aliphatic rings. The van der Waals surface area contributed by atoms with E-state index in [1.54, 1.807) is 0 Å². The van der Waals surface area contributed by atoms with Crippen LogP contribution in [0.2, 0.25) is 0 Å². The molecule has 0 aliphatic heterocycles. The van der Waals surface area contributed by atoms with Crippen LogP contribution in [0.4, 0.5) is 0 Å². The molecule has 112 valence electrons. The van der Waals surface area contributed by atoms with E-state index in [9.17, 15) is 4.79 Å². The predicted octanol–water partition coefficient (Wildman–Crippen LogP) is 3.52. The Labute approximate surface area is 118 Å². The summed E-state index contributed by atoms with van der Waals surface area (Å²) in [7, 11) is 0. The second-order valence-corrected chi connectivity index (χ2v) is 6.21. The van der Waals surface area contributed by atoms with Gasteiger partial charge in [0.1, 0.15) is 6.61 Å². The largest absolute Gasteiger partial charge is 0.464 e. The van der Waals surface area contributed by atoms with Crippen molar-refractivity contribution in [3.63, 3.8) is 0 Å². The maximum Gasteiger partial charge on any atom is 0.308 e. The van der Waals surface area contributed by atoms with Crippen molar-refractivity contribution in [1.29, 1.82) is 0 Å². The van der Waals surface area contributed by atoms with Gasteiger partial charge in [0.2, 0.25) is 0 Å². The van der Waals surface area contributed by atoms with Crippen molar-refractivity contribution in [3.8, 4) is 0 Å². The number of esters is 1. The van der Waals surface area contributed by atoms with E-state index in [2.05, 4.69) is 26.1 Å². The zero-order valence-corrected chi connectivity index (χ0v) is 12.9. The molecule has 0 radical (unpaired) electrons. The van der Waals surface area contributed by atoms with Crippen LogP contribution in [0.15, 0.2) is 0 Å². The molecule has 1 fully saturated rings. The van der Waals surface area contributed by atoms with Crippen LogP contribution < -0.4 is 5.32 Å².